The Balaban J connectivity index is 1.84. The molecule has 0 saturated carbocycles. The molecule has 0 bridgehead atoms. The van der Waals surface area contributed by atoms with Gasteiger partial charge >= 0.3 is 0 Å². The molecule has 0 aliphatic carbocycles. The number of nitrogens with two attached hydrogens (primary N) is 1. The molecule has 1 fully saturated rings. The normalized spacial score (nSPS) is 15.8. The molecule has 1 aliphatic heterocycles. The number of likely N-dealkylation sites (tertiary alicyclic amines) is 1. The lowest BCUT2D eigenvalue weighted by atomic mass is 10.0. The molecular weight excluding hydrogens is 329 g/mol. The number of anilines is 2. The predicted molar refractivity (Wildman–Crippen MR) is 104 cm³/mol. The summed E-state index contributed by atoms with van der Waals surface area (Å²) in [4.78, 5) is 11.1. The van der Waals surface area contributed by atoms with E-state index in [2.05, 4.69) is 26.8 Å². The second-order valence-electron chi connectivity index (χ2n) is 6.68. The molecule has 0 amide bonds. The fourth-order valence-corrected chi connectivity index (χ4v) is 3.54. The topological polar surface area (TPSA) is 67.1 Å². The summed E-state index contributed by atoms with van der Waals surface area (Å²) in [5.74, 6) is 0.799. The summed E-state index contributed by atoms with van der Waals surface area (Å²) in [6.45, 7) is 8.52. The van der Waals surface area contributed by atoms with Crippen LogP contribution in [0.1, 0.15) is 35.7 Å². The number of nitrogen functional groups attached to an aromatic ring is 1. The standard InChI is InChI=1S/C20H26FN5/c1-3-6-17-14(2)24-20(22)25-19(17)23-13-18(26-11-4-5-12-26)15-7-9-16(21)10-8-15/h3,7-10,18H,1,4-6,11-13H2,2H3,(H3,22,23,24,25). The molecule has 1 atom stereocenters. The van der Waals surface area contributed by atoms with Crippen molar-refractivity contribution in [2.24, 2.45) is 0 Å². The molecule has 26 heavy (non-hydrogen) atoms. The van der Waals surface area contributed by atoms with Crippen LogP contribution in [0.3, 0.4) is 0 Å². The zero-order chi connectivity index (χ0) is 18.5. The number of aromatic nitrogens is 2. The number of hydrogen-bond acceptors (Lipinski definition) is 5. The molecule has 138 valence electrons. The summed E-state index contributed by atoms with van der Waals surface area (Å²) in [6, 6.07) is 6.93. The Bertz CT molecular complexity index is 754. The van der Waals surface area contributed by atoms with Gasteiger partial charge in [-0.25, -0.2) is 9.37 Å². The van der Waals surface area contributed by atoms with Gasteiger partial charge in [-0.15, -0.1) is 6.58 Å². The van der Waals surface area contributed by atoms with Crippen LogP contribution in [0, 0.1) is 12.7 Å². The first-order valence-electron chi connectivity index (χ1n) is 9.05. The second kappa shape index (κ2) is 8.27. The van der Waals surface area contributed by atoms with E-state index in [1.165, 1.54) is 25.0 Å². The molecule has 2 heterocycles. The highest BCUT2D eigenvalue weighted by Gasteiger charge is 2.24. The van der Waals surface area contributed by atoms with Crippen molar-refractivity contribution in [2.75, 3.05) is 30.7 Å². The number of allylic oxidation sites excluding steroid dienone is 1. The summed E-state index contributed by atoms with van der Waals surface area (Å²) in [5, 5.41) is 3.46. The van der Waals surface area contributed by atoms with Crippen LogP contribution in [0.2, 0.25) is 0 Å². The van der Waals surface area contributed by atoms with Gasteiger partial charge in [-0.3, -0.25) is 4.90 Å². The quantitative estimate of drug-likeness (QED) is 0.744. The van der Waals surface area contributed by atoms with Crippen LogP contribution in [0.15, 0.2) is 36.9 Å². The van der Waals surface area contributed by atoms with Crippen molar-refractivity contribution in [3.63, 3.8) is 0 Å². The van der Waals surface area contributed by atoms with Gasteiger partial charge in [0.15, 0.2) is 0 Å². The number of aryl methyl sites for hydroxylation is 1. The number of halogens is 1. The van der Waals surface area contributed by atoms with E-state index >= 15 is 0 Å². The lowest BCUT2D eigenvalue weighted by molar-refractivity contribution is 0.255. The fourth-order valence-electron chi connectivity index (χ4n) is 3.54. The van der Waals surface area contributed by atoms with Crippen molar-refractivity contribution in [3.8, 4) is 0 Å². The van der Waals surface area contributed by atoms with Crippen molar-refractivity contribution in [1.82, 2.24) is 14.9 Å². The van der Waals surface area contributed by atoms with E-state index in [9.17, 15) is 4.39 Å². The number of benzene rings is 1. The first-order valence-corrected chi connectivity index (χ1v) is 9.05. The monoisotopic (exact) mass is 355 g/mol. The number of rotatable bonds is 7. The summed E-state index contributed by atoms with van der Waals surface area (Å²) in [5.41, 5.74) is 8.81. The average molecular weight is 355 g/mol. The molecule has 3 N–H and O–H groups in total. The Hall–Kier alpha value is -2.47. The van der Waals surface area contributed by atoms with Gasteiger partial charge in [-0.2, -0.15) is 4.98 Å². The molecule has 1 saturated heterocycles. The maximum atomic E-state index is 13.3. The van der Waals surface area contributed by atoms with Gasteiger partial charge in [0.25, 0.3) is 0 Å². The van der Waals surface area contributed by atoms with Gasteiger partial charge in [0.05, 0.1) is 6.04 Å². The molecule has 3 rings (SSSR count). The smallest absolute Gasteiger partial charge is 0.222 e. The number of nitrogens with one attached hydrogen (secondary N) is 1. The van der Waals surface area contributed by atoms with Crippen molar-refractivity contribution in [1.29, 1.82) is 0 Å². The third-order valence-corrected chi connectivity index (χ3v) is 4.88. The maximum absolute atomic E-state index is 13.3. The molecule has 6 heteroatoms. The second-order valence-corrected chi connectivity index (χ2v) is 6.68. The summed E-state index contributed by atoms with van der Waals surface area (Å²) < 4.78 is 13.3. The molecule has 2 aromatic rings. The molecular formula is C20H26FN5. The van der Waals surface area contributed by atoms with E-state index in [0.717, 1.165) is 35.7 Å². The lowest BCUT2D eigenvalue weighted by Crippen LogP contribution is -2.31. The predicted octanol–water partition coefficient (Wildman–Crippen LogP) is 3.48. The summed E-state index contributed by atoms with van der Waals surface area (Å²) in [7, 11) is 0. The van der Waals surface area contributed by atoms with Crippen LogP contribution in [0.5, 0.6) is 0 Å². The van der Waals surface area contributed by atoms with Gasteiger partial charge in [-0.05, 0) is 57.0 Å². The number of nitrogens with zero attached hydrogens (tertiary/aromatic N) is 3. The maximum Gasteiger partial charge on any atom is 0.222 e. The Morgan fingerprint density at radius 1 is 1.27 bits per heavy atom. The van der Waals surface area contributed by atoms with Crippen LogP contribution in [0.25, 0.3) is 0 Å². The van der Waals surface area contributed by atoms with Crippen molar-refractivity contribution in [2.45, 2.75) is 32.2 Å². The van der Waals surface area contributed by atoms with Crippen LogP contribution >= 0.6 is 0 Å². The highest BCUT2D eigenvalue weighted by atomic mass is 19.1. The highest BCUT2D eigenvalue weighted by molar-refractivity contribution is 5.50. The zero-order valence-corrected chi connectivity index (χ0v) is 15.2. The molecule has 0 spiro atoms. The van der Waals surface area contributed by atoms with Gasteiger partial charge < -0.3 is 11.1 Å². The zero-order valence-electron chi connectivity index (χ0n) is 15.2. The molecule has 5 nitrogen and oxygen atoms in total. The van der Waals surface area contributed by atoms with Crippen LogP contribution in [0.4, 0.5) is 16.2 Å². The third-order valence-electron chi connectivity index (χ3n) is 4.88. The minimum absolute atomic E-state index is 0.158. The van der Waals surface area contributed by atoms with Crippen LogP contribution < -0.4 is 11.1 Å². The largest absolute Gasteiger partial charge is 0.368 e. The molecule has 1 aromatic heterocycles. The summed E-state index contributed by atoms with van der Waals surface area (Å²) >= 11 is 0. The van der Waals surface area contributed by atoms with E-state index in [0.29, 0.717) is 13.0 Å². The van der Waals surface area contributed by atoms with E-state index in [-0.39, 0.29) is 17.8 Å². The fraction of sp³-hybridized carbons (Fsp3) is 0.400. The molecule has 0 radical (unpaired) electrons. The Kier molecular flexibility index (Phi) is 5.83. The first kappa shape index (κ1) is 18.3. The van der Waals surface area contributed by atoms with E-state index in [1.807, 2.05) is 25.1 Å². The van der Waals surface area contributed by atoms with Crippen LogP contribution in [-0.2, 0) is 6.42 Å². The van der Waals surface area contributed by atoms with Crippen molar-refractivity contribution < 1.29 is 4.39 Å². The average Bonchev–Trinajstić information content (AvgIpc) is 3.14. The van der Waals surface area contributed by atoms with E-state index in [1.54, 1.807) is 0 Å². The molecule has 1 aliphatic rings. The Morgan fingerprint density at radius 3 is 2.62 bits per heavy atom. The van der Waals surface area contributed by atoms with Gasteiger partial charge in [0.1, 0.15) is 11.6 Å². The van der Waals surface area contributed by atoms with Gasteiger partial charge in [-0.1, -0.05) is 18.2 Å². The van der Waals surface area contributed by atoms with E-state index in [4.69, 9.17) is 5.73 Å². The number of hydrogen-bond donors (Lipinski definition) is 2. The highest BCUT2D eigenvalue weighted by Crippen LogP contribution is 2.27. The lowest BCUT2D eigenvalue weighted by Gasteiger charge is -2.29. The van der Waals surface area contributed by atoms with Gasteiger partial charge in [0, 0.05) is 17.8 Å². The van der Waals surface area contributed by atoms with Gasteiger partial charge in [0.2, 0.25) is 5.95 Å². The minimum Gasteiger partial charge on any atom is -0.368 e. The van der Waals surface area contributed by atoms with E-state index < -0.39 is 0 Å². The molecule has 1 unspecified atom stereocenters. The third kappa shape index (κ3) is 4.19. The minimum atomic E-state index is -0.214. The van der Waals surface area contributed by atoms with Crippen molar-refractivity contribution in [3.05, 3.63) is 59.6 Å². The Labute approximate surface area is 154 Å². The van der Waals surface area contributed by atoms with Crippen LogP contribution in [-0.4, -0.2) is 34.5 Å². The van der Waals surface area contributed by atoms with Crippen molar-refractivity contribution >= 4 is 11.8 Å². The first-order chi connectivity index (χ1) is 12.6. The SMILES string of the molecule is C=CCc1c(C)nc(N)nc1NCC(c1ccc(F)cc1)N1CCCC1. The molecule has 1 aromatic carbocycles. The Morgan fingerprint density at radius 2 is 1.96 bits per heavy atom. The summed E-state index contributed by atoms with van der Waals surface area (Å²) in [6.07, 6.45) is 4.91.